The Morgan fingerprint density at radius 1 is 1.30 bits per heavy atom. The molecule has 1 aliphatic rings. The van der Waals surface area contributed by atoms with E-state index in [0.717, 1.165) is 17.4 Å². The fourth-order valence-corrected chi connectivity index (χ4v) is 2.59. The number of para-hydroxylation sites is 1. The second-order valence-corrected chi connectivity index (χ2v) is 4.82. The Kier molecular flexibility index (Phi) is 2.97. The number of amides is 1. The number of hydrogen-bond donors (Lipinski definition) is 0. The van der Waals surface area contributed by atoms with Gasteiger partial charge in [0.25, 0.3) is 5.91 Å². The fourth-order valence-electron chi connectivity index (χ4n) is 2.59. The molecule has 2 aromatic rings. The average Bonchev–Trinajstić information content (AvgIpc) is 2.77. The van der Waals surface area contributed by atoms with Gasteiger partial charge in [-0.15, -0.1) is 0 Å². The van der Waals surface area contributed by atoms with Gasteiger partial charge in [0.2, 0.25) is 5.95 Å². The van der Waals surface area contributed by atoms with Gasteiger partial charge in [-0.2, -0.15) is 4.39 Å². The molecule has 0 saturated carbocycles. The molecule has 1 aromatic heterocycles. The molecular formula is C15H12F2N2O. The lowest BCUT2D eigenvalue weighted by Crippen LogP contribution is -2.36. The van der Waals surface area contributed by atoms with Crippen molar-refractivity contribution in [3.63, 3.8) is 0 Å². The van der Waals surface area contributed by atoms with Gasteiger partial charge in [0.1, 0.15) is 0 Å². The number of rotatable bonds is 1. The first-order chi connectivity index (χ1) is 9.59. The molecular weight excluding hydrogens is 262 g/mol. The third kappa shape index (κ3) is 1.86. The lowest BCUT2D eigenvalue weighted by molar-refractivity contribution is 0.0976. The third-order valence-electron chi connectivity index (χ3n) is 3.50. The summed E-state index contributed by atoms with van der Waals surface area (Å²) in [6, 6.07) is 8.58. The third-order valence-corrected chi connectivity index (χ3v) is 3.50. The number of hydrogen-bond acceptors (Lipinski definition) is 2. The molecule has 1 atom stereocenters. The van der Waals surface area contributed by atoms with Gasteiger partial charge in [-0.3, -0.25) is 4.79 Å². The maximum atomic E-state index is 13.7. The van der Waals surface area contributed by atoms with E-state index in [1.165, 1.54) is 11.0 Å². The highest BCUT2D eigenvalue weighted by atomic mass is 19.2. The number of carbonyl (C=O) groups excluding carboxylic acids is 1. The van der Waals surface area contributed by atoms with Crippen molar-refractivity contribution < 1.29 is 13.6 Å². The van der Waals surface area contributed by atoms with Crippen molar-refractivity contribution >= 4 is 11.6 Å². The lowest BCUT2D eigenvalue weighted by Gasteiger charge is -2.22. The molecule has 102 valence electrons. The number of aromatic nitrogens is 1. The summed E-state index contributed by atoms with van der Waals surface area (Å²) < 4.78 is 26.9. The van der Waals surface area contributed by atoms with Crippen LogP contribution >= 0.6 is 0 Å². The Morgan fingerprint density at radius 3 is 2.85 bits per heavy atom. The lowest BCUT2D eigenvalue weighted by atomic mass is 10.1. The quantitative estimate of drug-likeness (QED) is 0.749. The number of nitrogens with zero attached hydrogens (tertiary/aromatic N) is 2. The number of benzene rings is 1. The second-order valence-electron chi connectivity index (χ2n) is 4.82. The van der Waals surface area contributed by atoms with Gasteiger partial charge in [0, 0.05) is 17.9 Å². The molecule has 1 aromatic carbocycles. The van der Waals surface area contributed by atoms with Crippen molar-refractivity contribution in [2.75, 3.05) is 4.90 Å². The summed E-state index contributed by atoms with van der Waals surface area (Å²) in [4.78, 5) is 17.2. The SMILES string of the molecule is CC1Cc2ccccc2N1C(=O)c1ccnc(F)c1F. The Labute approximate surface area is 114 Å². The van der Waals surface area contributed by atoms with Crippen molar-refractivity contribution in [3.8, 4) is 0 Å². The van der Waals surface area contributed by atoms with Crippen LogP contribution in [-0.2, 0) is 6.42 Å². The summed E-state index contributed by atoms with van der Waals surface area (Å²) in [6.45, 7) is 1.88. The van der Waals surface area contributed by atoms with E-state index in [9.17, 15) is 13.6 Å². The topological polar surface area (TPSA) is 33.2 Å². The average molecular weight is 274 g/mol. The molecule has 0 radical (unpaired) electrons. The Morgan fingerprint density at radius 2 is 2.05 bits per heavy atom. The van der Waals surface area contributed by atoms with Crippen LogP contribution in [0.5, 0.6) is 0 Å². The van der Waals surface area contributed by atoms with E-state index >= 15 is 0 Å². The minimum absolute atomic E-state index is 0.0875. The van der Waals surface area contributed by atoms with Crippen LogP contribution in [0.1, 0.15) is 22.8 Å². The molecule has 20 heavy (non-hydrogen) atoms. The predicted octanol–water partition coefficient (Wildman–Crippen LogP) is 2.95. The van der Waals surface area contributed by atoms with Gasteiger partial charge in [0.05, 0.1) is 5.56 Å². The largest absolute Gasteiger partial charge is 0.305 e. The molecule has 1 amide bonds. The standard InChI is InChI=1S/C15H12F2N2O/c1-9-8-10-4-2-3-5-12(10)19(9)15(20)11-6-7-18-14(17)13(11)16/h2-7,9H,8H2,1H3. The summed E-state index contributed by atoms with van der Waals surface area (Å²) in [5.74, 6) is -2.99. The van der Waals surface area contributed by atoms with Crippen molar-refractivity contribution in [3.05, 3.63) is 59.4 Å². The molecule has 2 heterocycles. The fraction of sp³-hybridized carbons (Fsp3) is 0.200. The van der Waals surface area contributed by atoms with Gasteiger partial charge in [-0.25, -0.2) is 9.37 Å². The predicted molar refractivity (Wildman–Crippen MR) is 70.6 cm³/mol. The van der Waals surface area contributed by atoms with E-state index in [-0.39, 0.29) is 11.6 Å². The molecule has 0 spiro atoms. The molecule has 0 aliphatic carbocycles. The van der Waals surface area contributed by atoms with Crippen LogP contribution in [0.4, 0.5) is 14.5 Å². The van der Waals surface area contributed by atoms with Crippen LogP contribution < -0.4 is 4.90 Å². The van der Waals surface area contributed by atoms with Crippen LogP contribution in [0.25, 0.3) is 0 Å². The van der Waals surface area contributed by atoms with Crippen LogP contribution in [0.2, 0.25) is 0 Å². The smallest absolute Gasteiger partial charge is 0.261 e. The van der Waals surface area contributed by atoms with Gasteiger partial charge < -0.3 is 4.90 Å². The highest BCUT2D eigenvalue weighted by Gasteiger charge is 2.32. The molecule has 3 nitrogen and oxygen atoms in total. The van der Waals surface area contributed by atoms with Crippen LogP contribution in [0.3, 0.4) is 0 Å². The van der Waals surface area contributed by atoms with Crippen molar-refractivity contribution in [1.29, 1.82) is 0 Å². The van der Waals surface area contributed by atoms with E-state index in [2.05, 4.69) is 4.98 Å². The van der Waals surface area contributed by atoms with Crippen LogP contribution in [0.15, 0.2) is 36.5 Å². The molecule has 0 saturated heterocycles. The molecule has 0 fully saturated rings. The van der Waals surface area contributed by atoms with E-state index in [0.29, 0.717) is 6.42 Å². The minimum atomic E-state index is -1.25. The first-order valence-electron chi connectivity index (χ1n) is 6.31. The molecule has 3 rings (SSSR count). The van der Waals surface area contributed by atoms with Crippen molar-refractivity contribution in [1.82, 2.24) is 4.98 Å². The Balaban J connectivity index is 2.05. The number of fused-ring (bicyclic) bond motifs is 1. The van der Waals surface area contributed by atoms with Crippen LogP contribution in [0, 0.1) is 11.8 Å². The zero-order valence-electron chi connectivity index (χ0n) is 10.8. The van der Waals surface area contributed by atoms with E-state index in [1.54, 1.807) is 0 Å². The van der Waals surface area contributed by atoms with Gasteiger partial charge >= 0.3 is 0 Å². The molecule has 0 N–H and O–H groups in total. The van der Waals surface area contributed by atoms with E-state index < -0.39 is 17.7 Å². The van der Waals surface area contributed by atoms with Crippen molar-refractivity contribution in [2.24, 2.45) is 0 Å². The molecule has 1 unspecified atom stereocenters. The zero-order chi connectivity index (χ0) is 14.3. The maximum absolute atomic E-state index is 13.7. The minimum Gasteiger partial charge on any atom is -0.305 e. The summed E-state index contributed by atoms with van der Waals surface area (Å²) in [5.41, 5.74) is 1.49. The summed E-state index contributed by atoms with van der Waals surface area (Å²) in [6.07, 6.45) is 1.80. The summed E-state index contributed by atoms with van der Waals surface area (Å²) >= 11 is 0. The van der Waals surface area contributed by atoms with E-state index in [4.69, 9.17) is 0 Å². The van der Waals surface area contributed by atoms with Gasteiger partial charge in [0.15, 0.2) is 5.82 Å². The zero-order valence-corrected chi connectivity index (χ0v) is 10.8. The number of carbonyl (C=O) groups is 1. The monoisotopic (exact) mass is 274 g/mol. The highest BCUT2D eigenvalue weighted by molar-refractivity contribution is 6.07. The van der Waals surface area contributed by atoms with E-state index in [1.807, 2.05) is 31.2 Å². The second kappa shape index (κ2) is 4.67. The molecule has 1 aliphatic heterocycles. The normalized spacial score (nSPS) is 17.1. The Bertz CT molecular complexity index is 687. The van der Waals surface area contributed by atoms with Gasteiger partial charge in [-0.1, -0.05) is 18.2 Å². The first kappa shape index (κ1) is 12.7. The summed E-state index contributed by atoms with van der Waals surface area (Å²) in [5, 5.41) is 0. The highest BCUT2D eigenvalue weighted by Crippen LogP contribution is 2.33. The maximum Gasteiger partial charge on any atom is 0.261 e. The first-order valence-corrected chi connectivity index (χ1v) is 6.31. The Hall–Kier alpha value is -2.30. The number of halogens is 2. The summed E-state index contributed by atoms with van der Waals surface area (Å²) in [7, 11) is 0. The molecule has 5 heteroatoms. The van der Waals surface area contributed by atoms with Gasteiger partial charge in [-0.05, 0) is 31.0 Å². The van der Waals surface area contributed by atoms with Crippen molar-refractivity contribution in [2.45, 2.75) is 19.4 Å². The number of anilines is 1. The molecule has 0 bridgehead atoms. The number of pyridine rings is 1. The van der Waals surface area contributed by atoms with Crippen LogP contribution in [-0.4, -0.2) is 16.9 Å².